The van der Waals surface area contributed by atoms with Crippen LogP contribution in [0.25, 0.3) is 0 Å². The second kappa shape index (κ2) is 9.60. The molecular weight excluding hydrogens is 332 g/mol. The van der Waals surface area contributed by atoms with Crippen molar-refractivity contribution in [3.63, 3.8) is 0 Å². The minimum Gasteiger partial charge on any atom is -0.334 e. The summed E-state index contributed by atoms with van der Waals surface area (Å²) in [5.41, 5.74) is 1.24. The van der Waals surface area contributed by atoms with Crippen LogP contribution in [0.15, 0.2) is 36.9 Å². The van der Waals surface area contributed by atoms with E-state index in [1.807, 2.05) is 6.92 Å². The summed E-state index contributed by atoms with van der Waals surface area (Å²) in [6.45, 7) is 6.51. The fourth-order valence-electron chi connectivity index (χ4n) is 2.90. The van der Waals surface area contributed by atoms with E-state index in [4.69, 9.17) is 0 Å². The summed E-state index contributed by atoms with van der Waals surface area (Å²) in [7, 11) is 0. The summed E-state index contributed by atoms with van der Waals surface area (Å²) in [6.07, 6.45) is 4.37. The number of benzene rings is 1. The molecule has 3 N–H and O–H groups in total. The Morgan fingerprint density at radius 1 is 1.19 bits per heavy atom. The number of carbonyl (C=O) groups excluding carboxylic acids is 3. The molecule has 4 amide bonds. The van der Waals surface area contributed by atoms with E-state index in [1.165, 1.54) is 0 Å². The van der Waals surface area contributed by atoms with E-state index in [0.717, 1.165) is 12.8 Å². The largest absolute Gasteiger partial charge is 0.334 e. The topological polar surface area (TPSA) is 90.5 Å². The zero-order chi connectivity index (χ0) is 18.9. The lowest BCUT2D eigenvalue weighted by atomic mass is 10.2. The molecule has 0 aromatic heterocycles. The van der Waals surface area contributed by atoms with Gasteiger partial charge in [-0.1, -0.05) is 13.0 Å². The molecule has 140 valence electrons. The lowest BCUT2D eigenvalue weighted by molar-refractivity contribution is -0.136. The standard InChI is InChI=1S/C19H26N4O3/c1-3-6-17(24)23-13-5-7-16(23)18(25)21-14-8-10-15(11-9-14)22-19(26)20-12-4-2/h4,8-11,16H,2-3,5-7,12-13H2,1H3,(H,21,25)(H2,20,22,26). The third kappa shape index (κ3) is 5.34. The van der Waals surface area contributed by atoms with Gasteiger partial charge in [-0.2, -0.15) is 0 Å². The predicted molar refractivity (Wildman–Crippen MR) is 102 cm³/mol. The van der Waals surface area contributed by atoms with E-state index in [1.54, 1.807) is 35.2 Å². The Bertz CT molecular complexity index is 657. The average molecular weight is 358 g/mol. The van der Waals surface area contributed by atoms with Gasteiger partial charge in [-0.25, -0.2) is 4.79 Å². The number of hydrogen-bond acceptors (Lipinski definition) is 3. The number of urea groups is 1. The molecule has 26 heavy (non-hydrogen) atoms. The van der Waals surface area contributed by atoms with Crippen molar-refractivity contribution in [2.45, 2.75) is 38.6 Å². The molecule has 1 heterocycles. The van der Waals surface area contributed by atoms with Crippen LogP contribution in [-0.2, 0) is 9.59 Å². The number of carbonyl (C=O) groups is 3. The molecule has 7 heteroatoms. The highest BCUT2D eigenvalue weighted by atomic mass is 16.2. The summed E-state index contributed by atoms with van der Waals surface area (Å²) >= 11 is 0. The van der Waals surface area contributed by atoms with Gasteiger partial charge in [0.2, 0.25) is 11.8 Å². The summed E-state index contributed by atoms with van der Waals surface area (Å²) < 4.78 is 0. The smallest absolute Gasteiger partial charge is 0.319 e. The van der Waals surface area contributed by atoms with Crippen LogP contribution in [0.3, 0.4) is 0 Å². The molecule has 1 unspecified atom stereocenters. The van der Waals surface area contributed by atoms with Gasteiger partial charge in [0.1, 0.15) is 6.04 Å². The van der Waals surface area contributed by atoms with Gasteiger partial charge in [-0.05, 0) is 43.5 Å². The molecule has 0 spiro atoms. The number of amides is 4. The van der Waals surface area contributed by atoms with E-state index < -0.39 is 6.04 Å². The van der Waals surface area contributed by atoms with Gasteiger partial charge in [-0.15, -0.1) is 6.58 Å². The first-order valence-electron chi connectivity index (χ1n) is 8.91. The maximum atomic E-state index is 12.5. The van der Waals surface area contributed by atoms with Crippen LogP contribution in [0.5, 0.6) is 0 Å². The number of rotatable bonds is 7. The van der Waals surface area contributed by atoms with E-state index >= 15 is 0 Å². The average Bonchev–Trinajstić information content (AvgIpc) is 3.12. The molecule has 1 aliphatic heterocycles. The quantitative estimate of drug-likeness (QED) is 0.655. The van der Waals surface area contributed by atoms with Crippen LogP contribution in [0.2, 0.25) is 0 Å². The van der Waals surface area contributed by atoms with Gasteiger partial charge >= 0.3 is 6.03 Å². The molecule has 1 aromatic carbocycles. The number of likely N-dealkylation sites (tertiary alicyclic amines) is 1. The lowest BCUT2D eigenvalue weighted by Crippen LogP contribution is -2.43. The molecule has 1 saturated heterocycles. The van der Waals surface area contributed by atoms with Gasteiger partial charge < -0.3 is 20.9 Å². The Labute approximate surface area is 153 Å². The molecule has 1 fully saturated rings. The van der Waals surface area contributed by atoms with E-state index in [-0.39, 0.29) is 17.8 Å². The molecule has 0 aliphatic carbocycles. The molecular formula is C19H26N4O3. The van der Waals surface area contributed by atoms with Gasteiger partial charge in [-0.3, -0.25) is 9.59 Å². The van der Waals surface area contributed by atoms with Crippen LogP contribution in [-0.4, -0.2) is 41.9 Å². The van der Waals surface area contributed by atoms with Crippen LogP contribution in [0.1, 0.15) is 32.6 Å². The van der Waals surface area contributed by atoms with Crippen molar-refractivity contribution in [2.75, 3.05) is 23.7 Å². The molecule has 0 saturated carbocycles. The second-order valence-electron chi connectivity index (χ2n) is 6.19. The molecule has 0 bridgehead atoms. The maximum Gasteiger partial charge on any atom is 0.319 e. The highest BCUT2D eigenvalue weighted by Gasteiger charge is 2.33. The summed E-state index contributed by atoms with van der Waals surface area (Å²) in [4.78, 5) is 37.9. The SMILES string of the molecule is C=CCNC(=O)Nc1ccc(NC(=O)C2CCCN2C(=O)CCC)cc1. The van der Waals surface area contributed by atoms with Crippen molar-refractivity contribution >= 4 is 29.2 Å². The Morgan fingerprint density at radius 3 is 2.46 bits per heavy atom. The molecule has 1 aliphatic rings. The van der Waals surface area contributed by atoms with Crippen LogP contribution < -0.4 is 16.0 Å². The van der Waals surface area contributed by atoms with Crippen LogP contribution in [0, 0.1) is 0 Å². The summed E-state index contributed by atoms with van der Waals surface area (Å²) in [5, 5.41) is 8.15. The molecule has 2 rings (SSSR count). The first kappa shape index (κ1) is 19.5. The minimum atomic E-state index is -0.406. The highest BCUT2D eigenvalue weighted by Crippen LogP contribution is 2.21. The van der Waals surface area contributed by atoms with Crippen molar-refractivity contribution in [2.24, 2.45) is 0 Å². The van der Waals surface area contributed by atoms with Gasteiger partial charge in [0.05, 0.1) is 0 Å². The fraction of sp³-hybridized carbons (Fsp3) is 0.421. The monoisotopic (exact) mass is 358 g/mol. The van der Waals surface area contributed by atoms with Crippen molar-refractivity contribution in [1.29, 1.82) is 0 Å². The molecule has 1 atom stereocenters. The fourth-order valence-corrected chi connectivity index (χ4v) is 2.90. The van der Waals surface area contributed by atoms with Crippen LogP contribution >= 0.6 is 0 Å². The summed E-state index contributed by atoms with van der Waals surface area (Å²) in [5.74, 6) is -0.133. The number of hydrogen-bond donors (Lipinski definition) is 3. The van der Waals surface area contributed by atoms with Gasteiger partial charge in [0.25, 0.3) is 0 Å². The Morgan fingerprint density at radius 2 is 1.85 bits per heavy atom. The second-order valence-corrected chi connectivity index (χ2v) is 6.19. The number of anilines is 2. The van der Waals surface area contributed by atoms with Gasteiger partial charge in [0.15, 0.2) is 0 Å². The van der Waals surface area contributed by atoms with E-state index in [9.17, 15) is 14.4 Å². The zero-order valence-corrected chi connectivity index (χ0v) is 15.1. The normalized spacial score (nSPS) is 16.0. The van der Waals surface area contributed by atoms with Crippen molar-refractivity contribution in [1.82, 2.24) is 10.2 Å². The third-order valence-corrected chi connectivity index (χ3v) is 4.16. The third-order valence-electron chi connectivity index (χ3n) is 4.16. The Hall–Kier alpha value is -2.83. The zero-order valence-electron chi connectivity index (χ0n) is 15.1. The van der Waals surface area contributed by atoms with Crippen molar-refractivity contribution in [3.8, 4) is 0 Å². The van der Waals surface area contributed by atoms with E-state index in [2.05, 4.69) is 22.5 Å². The van der Waals surface area contributed by atoms with E-state index in [0.29, 0.717) is 37.3 Å². The molecule has 0 radical (unpaired) electrons. The maximum absolute atomic E-state index is 12.5. The van der Waals surface area contributed by atoms with Crippen molar-refractivity contribution in [3.05, 3.63) is 36.9 Å². The highest BCUT2D eigenvalue weighted by molar-refractivity contribution is 5.98. The Kier molecular flexibility index (Phi) is 7.20. The molecule has 7 nitrogen and oxygen atoms in total. The summed E-state index contributed by atoms with van der Waals surface area (Å²) in [6, 6.07) is 6.12. The first-order valence-corrected chi connectivity index (χ1v) is 8.91. The minimum absolute atomic E-state index is 0.0373. The first-order chi connectivity index (χ1) is 12.5. The van der Waals surface area contributed by atoms with Crippen LogP contribution in [0.4, 0.5) is 16.2 Å². The van der Waals surface area contributed by atoms with Gasteiger partial charge in [0, 0.05) is 30.9 Å². The molecule has 1 aromatic rings. The lowest BCUT2D eigenvalue weighted by Gasteiger charge is -2.24. The Balaban J connectivity index is 1.91. The van der Waals surface area contributed by atoms with Crippen molar-refractivity contribution < 1.29 is 14.4 Å². The number of nitrogens with zero attached hydrogens (tertiary/aromatic N) is 1. The predicted octanol–water partition coefficient (Wildman–Crippen LogP) is 2.72. The number of nitrogens with one attached hydrogen (secondary N) is 3.